The average Bonchev–Trinajstić information content (AvgIpc) is 3.17. The van der Waals surface area contributed by atoms with Crippen molar-refractivity contribution in [2.24, 2.45) is 7.05 Å². The zero-order valence-electron chi connectivity index (χ0n) is 32.4. The minimum Gasteiger partial charge on any atom is -0.496 e. The van der Waals surface area contributed by atoms with Crippen molar-refractivity contribution in [2.45, 2.75) is 57.7 Å². The molecule has 1 aromatic heterocycles. The van der Waals surface area contributed by atoms with Crippen LogP contribution in [-0.2, 0) is 36.1 Å². The van der Waals surface area contributed by atoms with Crippen molar-refractivity contribution in [1.29, 1.82) is 0 Å². The van der Waals surface area contributed by atoms with Gasteiger partial charge in [0.25, 0.3) is 11.5 Å². The van der Waals surface area contributed by atoms with Gasteiger partial charge < -0.3 is 38.8 Å². The highest BCUT2D eigenvalue weighted by molar-refractivity contribution is 6.07. The van der Waals surface area contributed by atoms with Crippen molar-refractivity contribution in [3.05, 3.63) is 74.7 Å². The van der Waals surface area contributed by atoms with Gasteiger partial charge in [-0.15, -0.1) is 0 Å². The molecule has 0 saturated carbocycles. The molecule has 1 unspecified atom stereocenters. The molecular weight excluding hydrogens is 708 g/mol. The van der Waals surface area contributed by atoms with Gasteiger partial charge in [0, 0.05) is 63.0 Å². The minimum atomic E-state index is -0.846. The van der Waals surface area contributed by atoms with E-state index in [9.17, 15) is 28.8 Å². The van der Waals surface area contributed by atoms with Crippen LogP contribution < -0.4 is 30.4 Å². The van der Waals surface area contributed by atoms with Crippen LogP contribution in [0.1, 0.15) is 69.5 Å². The molecule has 0 radical (unpaired) electrons. The topological polar surface area (TPSA) is 169 Å². The Balaban J connectivity index is 1.15. The average molecular weight is 759 g/mol. The molecule has 2 aromatic carbocycles. The Morgan fingerprint density at radius 2 is 1.71 bits per heavy atom. The highest BCUT2D eigenvalue weighted by Crippen LogP contribution is 2.38. The number of aromatic nitrogens is 1. The second kappa shape index (κ2) is 18.1. The first kappa shape index (κ1) is 40.5. The first-order chi connectivity index (χ1) is 26.4. The molecule has 3 heterocycles. The van der Waals surface area contributed by atoms with E-state index >= 15 is 0 Å². The number of nitrogens with zero attached hydrogens (tertiary/aromatic N) is 4. The summed E-state index contributed by atoms with van der Waals surface area (Å²) >= 11 is 0. The number of carbonyl (C=O) groups excluding carboxylic acids is 5. The number of hydrogen-bond donors (Lipinski definition) is 2. The third-order valence-corrected chi connectivity index (χ3v) is 10.0. The van der Waals surface area contributed by atoms with Crippen LogP contribution in [0, 0.1) is 0 Å². The number of aryl methyl sites for hydroxylation is 1. The van der Waals surface area contributed by atoms with Crippen LogP contribution in [0.15, 0.2) is 41.3 Å². The number of urea groups is 1. The molecule has 15 nitrogen and oxygen atoms in total. The number of hydrogen-bond acceptors (Lipinski definition) is 10. The lowest BCUT2D eigenvalue weighted by molar-refractivity contribution is -0.136. The molecule has 5 rings (SSSR count). The summed E-state index contributed by atoms with van der Waals surface area (Å²) in [6, 6.07) is 7.56. The van der Waals surface area contributed by atoms with E-state index in [4.69, 9.17) is 14.2 Å². The van der Waals surface area contributed by atoms with Gasteiger partial charge >= 0.3 is 6.03 Å². The lowest BCUT2D eigenvalue weighted by Gasteiger charge is -2.30. The summed E-state index contributed by atoms with van der Waals surface area (Å²) in [4.78, 5) is 80.8. The Morgan fingerprint density at radius 1 is 0.982 bits per heavy atom. The summed E-state index contributed by atoms with van der Waals surface area (Å²) in [6.45, 7) is 1.93. The Hall–Kier alpha value is -5.70. The van der Waals surface area contributed by atoms with Crippen molar-refractivity contribution in [3.8, 4) is 28.4 Å². The van der Waals surface area contributed by atoms with Gasteiger partial charge in [0.05, 0.1) is 38.5 Å². The Bertz CT molecular complexity index is 1980. The van der Waals surface area contributed by atoms with Crippen LogP contribution in [0.25, 0.3) is 11.1 Å². The van der Waals surface area contributed by atoms with E-state index in [-0.39, 0.29) is 60.4 Å². The SMILES string of the molecule is COc1cc(-c2cn(C)c(=O)c3c2CCN(C(=O)NCCCCCOc2cccc(C=O)c2C(=O)N(C)C2CCC(=O)NC2=O)C3)cc(OC)c1CN(C)C. The number of fused-ring (bicyclic) bond motifs is 1. The molecule has 0 spiro atoms. The molecule has 1 fully saturated rings. The van der Waals surface area contributed by atoms with Crippen LogP contribution in [0.4, 0.5) is 4.79 Å². The molecule has 2 N–H and O–H groups in total. The largest absolute Gasteiger partial charge is 0.496 e. The number of rotatable bonds is 15. The van der Waals surface area contributed by atoms with Crippen LogP contribution in [0.5, 0.6) is 17.2 Å². The number of carbonyl (C=O) groups is 5. The molecule has 0 aliphatic carbocycles. The first-order valence-electron chi connectivity index (χ1n) is 18.3. The lowest BCUT2D eigenvalue weighted by atomic mass is 9.91. The second-order valence-corrected chi connectivity index (χ2v) is 14.0. The zero-order chi connectivity index (χ0) is 39.8. The molecule has 15 heteroatoms. The monoisotopic (exact) mass is 758 g/mol. The maximum Gasteiger partial charge on any atom is 0.317 e. The molecule has 0 bridgehead atoms. The summed E-state index contributed by atoms with van der Waals surface area (Å²) in [5.41, 5.74) is 4.21. The standard InChI is InChI=1S/C40H50N6O9/c1-43(2)21-30-33(53-5)19-26(20-34(30)54-6)28-22-44(3)38(50)29-23-46(17-15-27(28)29)40(52)41-16-8-7-9-18-55-32-12-10-11-25(24-47)36(32)39(51)45(4)31-13-14-35(48)42-37(31)49/h10-12,19-20,22,24,31H,7-9,13-18,21,23H2,1-6H3,(H,41,52)(H,42,48,49). The van der Waals surface area contributed by atoms with Gasteiger partial charge in [0.2, 0.25) is 11.8 Å². The summed E-state index contributed by atoms with van der Waals surface area (Å²) in [5, 5.41) is 5.22. The van der Waals surface area contributed by atoms with Crippen LogP contribution in [-0.4, -0.2) is 110 Å². The maximum atomic E-state index is 13.5. The third-order valence-electron chi connectivity index (χ3n) is 10.0. The molecule has 55 heavy (non-hydrogen) atoms. The number of unbranched alkanes of at least 4 members (excludes halogenated alkanes) is 2. The molecule has 1 atom stereocenters. The fourth-order valence-corrected chi connectivity index (χ4v) is 7.09. The van der Waals surface area contributed by atoms with Crippen molar-refractivity contribution < 1.29 is 38.2 Å². The van der Waals surface area contributed by atoms with Crippen molar-refractivity contribution >= 4 is 30.0 Å². The van der Waals surface area contributed by atoms with Crippen molar-refractivity contribution in [2.75, 3.05) is 55.1 Å². The van der Waals surface area contributed by atoms with E-state index in [1.165, 1.54) is 18.0 Å². The molecule has 294 valence electrons. The molecule has 1 saturated heterocycles. The van der Waals surface area contributed by atoms with E-state index in [1.807, 2.05) is 37.3 Å². The number of nitrogens with one attached hydrogen (secondary N) is 2. The second-order valence-electron chi connectivity index (χ2n) is 14.0. The minimum absolute atomic E-state index is 0.0550. The van der Waals surface area contributed by atoms with Gasteiger partial charge in [-0.3, -0.25) is 29.3 Å². The Morgan fingerprint density at radius 3 is 2.36 bits per heavy atom. The number of imide groups is 1. The van der Waals surface area contributed by atoms with E-state index in [0.29, 0.717) is 68.7 Å². The van der Waals surface area contributed by atoms with Gasteiger partial charge in [0.15, 0.2) is 6.29 Å². The smallest absolute Gasteiger partial charge is 0.317 e. The summed E-state index contributed by atoms with van der Waals surface area (Å²) in [5.74, 6) is 0.0975. The van der Waals surface area contributed by atoms with Gasteiger partial charge in [-0.25, -0.2) is 4.79 Å². The summed E-state index contributed by atoms with van der Waals surface area (Å²) in [6.07, 6.45) is 5.19. The quantitative estimate of drug-likeness (QED) is 0.134. The number of benzene rings is 2. The Labute approximate surface area is 320 Å². The van der Waals surface area contributed by atoms with E-state index in [1.54, 1.807) is 42.9 Å². The van der Waals surface area contributed by atoms with Crippen LogP contribution >= 0.6 is 0 Å². The lowest BCUT2D eigenvalue weighted by Crippen LogP contribution is -2.53. The number of pyridine rings is 1. The molecule has 2 aliphatic heterocycles. The summed E-state index contributed by atoms with van der Waals surface area (Å²) in [7, 11) is 10.4. The fourth-order valence-electron chi connectivity index (χ4n) is 7.09. The fraction of sp³-hybridized carbons (Fsp3) is 0.450. The van der Waals surface area contributed by atoms with E-state index in [2.05, 4.69) is 10.6 Å². The number of amides is 5. The van der Waals surface area contributed by atoms with Gasteiger partial charge in [0.1, 0.15) is 23.3 Å². The van der Waals surface area contributed by atoms with Gasteiger partial charge in [-0.2, -0.15) is 0 Å². The molecular formula is C40H50N6O9. The van der Waals surface area contributed by atoms with E-state index < -0.39 is 17.9 Å². The molecule has 5 amide bonds. The van der Waals surface area contributed by atoms with Crippen LogP contribution in [0.3, 0.4) is 0 Å². The highest BCUT2D eigenvalue weighted by atomic mass is 16.5. The number of likely N-dealkylation sites (N-methyl/N-ethyl adjacent to an activating group) is 1. The van der Waals surface area contributed by atoms with Crippen molar-refractivity contribution in [1.82, 2.24) is 29.9 Å². The first-order valence-corrected chi connectivity index (χ1v) is 18.3. The number of piperidine rings is 1. The maximum absolute atomic E-state index is 13.5. The number of aldehydes is 1. The van der Waals surface area contributed by atoms with Gasteiger partial charge in [-0.1, -0.05) is 12.1 Å². The third kappa shape index (κ3) is 9.16. The highest BCUT2D eigenvalue weighted by Gasteiger charge is 2.34. The Kier molecular flexibility index (Phi) is 13.3. The number of ether oxygens (including phenoxy) is 3. The van der Waals surface area contributed by atoms with Gasteiger partial charge in [-0.05, 0) is 75.5 Å². The summed E-state index contributed by atoms with van der Waals surface area (Å²) < 4.78 is 19.0. The predicted molar refractivity (Wildman–Crippen MR) is 205 cm³/mol. The predicted octanol–water partition coefficient (Wildman–Crippen LogP) is 3.14. The molecule has 3 aromatic rings. The normalized spacial score (nSPS) is 15.3. The van der Waals surface area contributed by atoms with E-state index in [0.717, 1.165) is 22.3 Å². The zero-order valence-corrected chi connectivity index (χ0v) is 32.4. The van der Waals surface area contributed by atoms with Crippen molar-refractivity contribution in [3.63, 3.8) is 0 Å². The molecule has 2 aliphatic rings. The number of methoxy groups -OCH3 is 2. The van der Waals surface area contributed by atoms with Crippen LogP contribution in [0.2, 0.25) is 0 Å².